The first-order valence-corrected chi connectivity index (χ1v) is 7.16. The second-order valence-corrected chi connectivity index (χ2v) is 5.67. The predicted octanol–water partition coefficient (Wildman–Crippen LogP) is 1.55. The van der Waals surface area contributed by atoms with E-state index < -0.39 is 0 Å². The summed E-state index contributed by atoms with van der Waals surface area (Å²) in [6.45, 7) is 3.46. The molecule has 0 aromatic carbocycles. The minimum Gasteiger partial charge on any atom is -0.358 e. The van der Waals surface area contributed by atoms with E-state index in [4.69, 9.17) is 5.73 Å². The van der Waals surface area contributed by atoms with E-state index in [1.807, 2.05) is 6.07 Å². The Balaban J connectivity index is 1.93. The molecule has 0 radical (unpaired) electrons. The number of piperidine rings is 1. The molecule has 0 bridgehead atoms. The highest BCUT2D eigenvalue weighted by molar-refractivity contribution is 5.48. The monoisotopic (exact) mass is 289 g/mol. The van der Waals surface area contributed by atoms with Gasteiger partial charge in [-0.2, -0.15) is 4.40 Å². The summed E-state index contributed by atoms with van der Waals surface area (Å²) in [5.74, 6) is 0.0627. The molecule has 1 aliphatic rings. The predicted molar refractivity (Wildman–Crippen MR) is 78.9 cm³/mol. The van der Waals surface area contributed by atoms with E-state index in [-0.39, 0.29) is 16.8 Å². The number of nitrogens with zero attached hydrogens (tertiary/aromatic N) is 4. The molecule has 1 saturated heterocycles. The van der Waals surface area contributed by atoms with E-state index in [9.17, 15) is 10.1 Å². The molecule has 0 saturated carbocycles. The van der Waals surface area contributed by atoms with Crippen molar-refractivity contribution >= 4 is 11.5 Å². The minimum atomic E-state index is -0.352. The number of nitro groups is 1. The number of rotatable bonds is 3. The SMILES string of the molecule is CC1CC(N)CCN1Cc1nc2ccccn2c1[N+](=O)[O-]. The highest BCUT2D eigenvalue weighted by Crippen LogP contribution is 2.25. The Bertz CT molecular complexity index is 668. The molecular formula is C14H19N5O2. The van der Waals surface area contributed by atoms with Crippen LogP contribution in [0.5, 0.6) is 0 Å². The third-order valence-electron chi connectivity index (χ3n) is 4.15. The van der Waals surface area contributed by atoms with Gasteiger partial charge >= 0.3 is 5.82 Å². The topological polar surface area (TPSA) is 89.7 Å². The molecule has 0 aliphatic carbocycles. The molecule has 7 heteroatoms. The average Bonchev–Trinajstić information content (AvgIpc) is 2.80. The molecule has 3 rings (SSSR count). The Morgan fingerprint density at radius 1 is 1.52 bits per heavy atom. The summed E-state index contributed by atoms with van der Waals surface area (Å²) in [4.78, 5) is 17.7. The highest BCUT2D eigenvalue weighted by atomic mass is 16.6. The van der Waals surface area contributed by atoms with Gasteiger partial charge in [0.15, 0.2) is 5.69 Å². The van der Waals surface area contributed by atoms with E-state index >= 15 is 0 Å². The number of nitrogens with two attached hydrogens (primary N) is 1. The van der Waals surface area contributed by atoms with Crippen molar-refractivity contribution in [3.8, 4) is 0 Å². The molecule has 2 aromatic heterocycles. The zero-order chi connectivity index (χ0) is 15.0. The van der Waals surface area contributed by atoms with Gasteiger partial charge < -0.3 is 15.8 Å². The van der Waals surface area contributed by atoms with Gasteiger partial charge in [-0.3, -0.25) is 4.90 Å². The fourth-order valence-electron chi connectivity index (χ4n) is 3.02. The first-order valence-electron chi connectivity index (χ1n) is 7.16. The van der Waals surface area contributed by atoms with E-state index in [2.05, 4.69) is 16.8 Å². The molecule has 1 aliphatic heterocycles. The summed E-state index contributed by atoms with van der Waals surface area (Å²) in [6, 6.07) is 5.93. The lowest BCUT2D eigenvalue weighted by molar-refractivity contribution is -0.391. The summed E-state index contributed by atoms with van der Waals surface area (Å²) in [7, 11) is 0. The van der Waals surface area contributed by atoms with E-state index in [0.717, 1.165) is 19.4 Å². The van der Waals surface area contributed by atoms with Crippen LogP contribution in [-0.4, -0.2) is 37.8 Å². The van der Waals surface area contributed by atoms with Crippen molar-refractivity contribution in [1.29, 1.82) is 0 Å². The normalized spacial score (nSPS) is 23.5. The molecule has 21 heavy (non-hydrogen) atoms. The zero-order valence-corrected chi connectivity index (χ0v) is 12.0. The van der Waals surface area contributed by atoms with Crippen molar-refractivity contribution < 1.29 is 4.92 Å². The van der Waals surface area contributed by atoms with Crippen LogP contribution in [-0.2, 0) is 6.54 Å². The van der Waals surface area contributed by atoms with E-state index in [1.54, 1.807) is 18.3 Å². The van der Waals surface area contributed by atoms with Gasteiger partial charge in [-0.15, -0.1) is 0 Å². The van der Waals surface area contributed by atoms with Gasteiger partial charge in [-0.1, -0.05) is 6.07 Å². The highest BCUT2D eigenvalue weighted by Gasteiger charge is 2.28. The fraction of sp³-hybridized carbons (Fsp3) is 0.500. The third kappa shape index (κ3) is 2.62. The molecule has 2 aromatic rings. The molecule has 3 heterocycles. The second-order valence-electron chi connectivity index (χ2n) is 5.67. The molecule has 2 unspecified atom stereocenters. The standard InChI is InChI=1S/C14H19N5O2/c1-10-8-11(15)5-7-17(10)9-12-14(19(20)21)18-6-3-2-4-13(18)16-12/h2-4,6,10-11H,5,7-9,15H2,1H3. The maximum absolute atomic E-state index is 11.4. The summed E-state index contributed by atoms with van der Waals surface area (Å²) < 4.78 is 1.54. The summed E-state index contributed by atoms with van der Waals surface area (Å²) >= 11 is 0. The van der Waals surface area contributed by atoms with Crippen molar-refractivity contribution in [2.45, 2.75) is 38.4 Å². The van der Waals surface area contributed by atoms with Gasteiger partial charge in [0, 0.05) is 31.2 Å². The van der Waals surface area contributed by atoms with E-state index in [1.165, 1.54) is 4.40 Å². The van der Waals surface area contributed by atoms with E-state index in [0.29, 0.717) is 23.9 Å². The van der Waals surface area contributed by atoms with Gasteiger partial charge in [-0.05, 0) is 30.8 Å². The maximum atomic E-state index is 11.4. The Morgan fingerprint density at radius 2 is 2.33 bits per heavy atom. The molecule has 2 atom stereocenters. The van der Waals surface area contributed by atoms with Crippen molar-refractivity contribution in [2.75, 3.05) is 6.54 Å². The largest absolute Gasteiger partial charge is 0.358 e. The van der Waals surface area contributed by atoms with Crippen molar-refractivity contribution in [3.05, 3.63) is 40.2 Å². The van der Waals surface area contributed by atoms with Gasteiger partial charge in [0.05, 0.1) is 6.20 Å². The first-order chi connectivity index (χ1) is 10.1. The van der Waals surface area contributed by atoms with Crippen LogP contribution in [0.25, 0.3) is 5.65 Å². The lowest BCUT2D eigenvalue weighted by atomic mass is 9.99. The average molecular weight is 289 g/mol. The minimum absolute atomic E-state index is 0.0627. The Morgan fingerprint density at radius 3 is 3.05 bits per heavy atom. The van der Waals surface area contributed by atoms with Crippen LogP contribution in [0, 0.1) is 10.1 Å². The Labute approximate surface area is 122 Å². The lowest BCUT2D eigenvalue weighted by Gasteiger charge is -2.35. The summed E-state index contributed by atoms with van der Waals surface area (Å²) in [6.07, 6.45) is 3.52. The number of hydrogen-bond acceptors (Lipinski definition) is 5. The smallest absolute Gasteiger partial charge is 0.352 e. The number of pyridine rings is 1. The van der Waals surface area contributed by atoms with Gasteiger partial charge in [0.1, 0.15) is 0 Å². The van der Waals surface area contributed by atoms with Crippen molar-refractivity contribution in [1.82, 2.24) is 14.3 Å². The van der Waals surface area contributed by atoms with Crippen molar-refractivity contribution in [2.24, 2.45) is 5.73 Å². The summed E-state index contributed by atoms with van der Waals surface area (Å²) in [5.41, 5.74) is 7.10. The Hall–Kier alpha value is -1.99. The van der Waals surface area contributed by atoms with Crippen LogP contribution in [0.2, 0.25) is 0 Å². The Kier molecular flexibility index (Phi) is 3.60. The number of hydrogen-bond donors (Lipinski definition) is 1. The van der Waals surface area contributed by atoms with Crippen LogP contribution in [0.15, 0.2) is 24.4 Å². The number of aromatic nitrogens is 2. The molecule has 112 valence electrons. The molecule has 1 fully saturated rings. The van der Waals surface area contributed by atoms with Crippen LogP contribution >= 0.6 is 0 Å². The number of fused-ring (bicyclic) bond motifs is 1. The number of likely N-dealkylation sites (tertiary alicyclic amines) is 1. The molecular weight excluding hydrogens is 270 g/mol. The van der Waals surface area contributed by atoms with Gasteiger partial charge in [-0.25, -0.2) is 4.98 Å². The fourth-order valence-corrected chi connectivity index (χ4v) is 3.02. The van der Waals surface area contributed by atoms with Crippen LogP contribution in [0.1, 0.15) is 25.5 Å². The lowest BCUT2D eigenvalue weighted by Crippen LogP contribution is -2.45. The quantitative estimate of drug-likeness (QED) is 0.684. The molecule has 0 amide bonds. The molecule has 0 spiro atoms. The van der Waals surface area contributed by atoms with Crippen molar-refractivity contribution in [3.63, 3.8) is 0 Å². The first kappa shape index (κ1) is 14.0. The zero-order valence-electron chi connectivity index (χ0n) is 12.0. The molecule has 2 N–H and O–H groups in total. The molecule has 7 nitrogen and oxygen atoms in total. The third-order valence-corrected chi connectivity index (χ3v) is 4.15. The second kappa shape index (κ2) is 5.42. The maximum Gasteiger partial charge on any atom is 0.352 e. The van der Waals surface area contributed by atoms with Gasteiger partial charge in [0.2, 0.25) is 5.65 Å². The summed E-state index contributed by atoms with van der Waals surface area (Å²) in [5, 5.41) is 11.4. The van der Waals surface area contributed by atoms with Crippen LogP contribution in [0.3, 0.4) is 0 Å². The van der Waals surface area contributed by atoms with Crippen LogP contribution in [0.4, 0.5) is 5.82 Å². The van der Waals surface area contributed by atoms with Gasteiger partial charge in [0.25, 0.3) is 0 Å². The number of imidazole rings is 1. The van der Waals surface area contributed by atoms with Crippen LogP contribution < -0.4 is 5.73 Å².